The van der Waals surface area contributed by atoms with Gasteiger partial charge in [0.15, 0.2) is 0 Å². The van der Waals surface area contributed by atoms with Crippen molar-refractivity contribution in [2.24, 2.45) is 0 Å². The number of aryl methyl sites for hydroxylation is 2. The average molecular weight is 303 g/mol. The molecule has 0 radical (unpaired) electrons. The summed E-state index contributed by atoms with van der Waals surface area (Å²) in [6, 6.07) is 1.89. The van der Waals surface area contributed by atoms with Crippen molar-refractivity contribution < 1.29 is 13.2 Å². The summed E-state index contributed by atoms with van der Waals surface area (Å²) in [7, 11) is 1.43. The lowest BCUT2D eigenvalue weighted by Crippen LogP contribution is -2.37. The first-order chi connectivity index (χ1) is 9.39. The van der Waals surface area contributed by atoms with E-state index in [0.29, 0.717) is 12.4 Å². The molecule has 0 aromatic carbocycles. The van der Waals surface area contributed by atoms with Gasteiger partial charge in [-0.25, -0.2) is 4.98 Å². The number of nitrogens with zero attached hydrogens (tertiary/aromatic N) is 2. The maximum atomic E-state index is 12.6. The van der Waals surface area contributed by atoms with E-state index in [1.54, 1.807) is 6.92 Å². The highest BCUT2D eigenvalue weighted by molar-refractivity contribution is 5.51. The third-order valence-electron chi connectivity index (χ3n) is 3.03. The zero-order valence-corrected chi connectivity index (χ0v) is 13.5. The van der Waals surface area contributed by atoms with Crippen LogP contribution in [0, 0.1) is 13.8 Å². The predicted octanol–water partition coefficient (Wildman–Crippen LogP) is 3.59. The van der Waals surface area contributed by atoms with Crippen LogP contribution in [0.4, 0.5) is 19.0 Å². The number of hydrogen-bond acceptors (Lipinski definition) is 3. The van der Waals surface area contributed by atoms with Crippen LogP contribution in [0.1, 0.15) is 37.6 Å². The van der Waals surface area contributed by atoms with Gasteiger partial charge in [0.1, 0.15) is 12.4 Å². The molecular formula is C15H24F3N3. The van der Waals surface area contributed by atoms with Crippen molar-refractivity contribution in [3.05, 3.63) is 22.9 Å². The van der Waals surface area contributed by atoms with Crippen molar-refractivity contribution in [2.75, 3.05) is 18.5 Å². The highest BCUT2D eigenvalue weighted by Crippen LogP contribution is 2.25. The zero-order chi connectivity index (χ0) is 16.4. The number of rotatable bonds is 4. The first-order valence-electron chi connectivity index (χ1n) is 6.89. The Morgan fingerprint density at radius 2 is 1.76 bits per heavy atom. The molecule has 0 unspecified atom stereocenters. The highest BCUT2D eigenvalue weighted by Gasteiger charge is 2.31. The van der Waals surface area contributed by atoms with Crippen LogP contribution in [0.15, 0.2) is 6.07 Å². The molecule has 1 N–H and O–H groups in total. The Morgan fingerprint density at radius 3 is 2.24 bits per heavy atom. The van der Waals surface area contributed by atoms with Crippen LogP contribution in [0.5, 0.6) is 0 Å². The fourth-order valence-corrected chi connectivity index (χ4v) is 2.08. The molecule has 0 aliphatic heterocycles. The summed E-state index contributed by atoms with van der Waals surface area (Å²) in [5, 5.41) is 3.31. The lowest BCUT2D eigenvalue weighted by Gasteiger charge is -2.27. The first kappa shape index (κ1) is 17.8. The largest absolute Gasteiger partial charge is 0.405 e. The van der Waals surface area contributed by atoms with Gasteiger partial charge in [0.25, 0.3) is 0 Å². The molecule has 0 saturated heterocycles. The molecule has 0 amide bonds. The molecule has 0 saturated carbocycles. The molecule has 21 heavy (non-hydrogen) atoms. The van der Waals surface area contributed by atoms with E-state index < -0.39 is 12.7 Å². The van der Waals surface area contributed by atoms with Crippen molar-refractivity contribution in [1.82, 2.24) is 10.3 Å². The molecule has 1 aromatic heterocycles. The van der Waals surface area contributed by atoms with Gasteiger partial charge in [-0.05, 0) is 46.2 Å². The molecular weight excluding hydrogens is 279 g/mol. The maximum absolute atomic E-state index is 12.6. The monoisotopic (exact) mass is 303 g/mol. The van der Waals surface area contributed by atoms with Gasteiger partial charge in [0.2, 0.25) is 0 Å². The molecule has 1 aromatic rings. The fourth-order valence-electron chi connectivity index (χ4n) is 2.08. The Balaban J connectivity index is 3.11. The van der Waals surface area contributed by atoms with E-state index in [0.717, 1.165) is 16.8 Å². The fraction of sp³-hybridized carbons (Fsp3) is 0.667. The molecule has 0 atom stereocenters. The third-order valence-corrected chi connectivity index (χ3v) is 3.03. The molecule has 1 heterocycles. The maximum Gasteiger partial charge on any atom is 0.405 e. The summed E-state index contributed by atoms with van der Waals surface area (Å²) in [5.41, 5.74) is 2.36. The van der Waals surface area contributed by atoms with E-state index in [-0.39, 0.29) is 5.54 Å². The molecule has 1 rings (SSSR count). The molecule has 6 heteroatoms. The Labute approximate surface area is 124 Å². The second-order valence-corrected chi connectivity index (χ2v) is 6.46. The van der Waals surface area contributed by atoms with E-state index in [4.69, 9.17) is 0 Å². The lowest BCUT2D eigenvalue weighted by molar-refractivity contribution is -0.119. The Morgan fingerprint density at radius 1 is 1.19 bits per heavy atom. The minimum atomic E-state index is -4.25. The summed E-state index contributed by atoms with van der Waals surface area (Å²) in [5.74, 6) is 0.390. The number of hydrogen-bond donors (Lipinski definition) is 1. The van der Waals surface area contributed by atoms with Crippen LogP contribution in [0.3, 0.4) is 0 Å². The Hall–Kier alpha value is -1.30. The van der Waals surface area contributed by atoms with Crippen LogP contribution in [0.25, 0.3) is 0 Å². The van der Waals surface area contributed by atoms with Gasteiger partial charge >= 0.3 is 6.18 Å². The van der Waals surface area contributed by atoms with E-state index in [9.17, 15) is 13.2 Å². The normalized spacial score (nSPS) is 12.6. The summed E-state index contributed by atoms with van der Waals surface area (Å²) >= 11 is 0. The minimum absolute atomic E-state index is 0.114. The van der Waals surface area contributed by atoms with Crippen LogP contribution in [0.2, 0.25) is 0 Å². The van der Waals surface area contributed by atoms with Crippen molar-refractivity contribution in [3.8, 4) is 0 Å². The van der Waals surface area contributed by atoms with E-state index in [1.165, 1.54) is 11.9 Å². The zero-order valence-electron chi connectivity index (χ0n) is 13.5. The topological polar surface area (TPSA) is 28.2 Å². The van der Waals surface area contributed by atoms with E-state index >= 15 is 0 Å². The second kappa shape index (κ2) is 6.22. The summed E-state index contributed by atoms with van der Waals surface area (Å²) in [4.78, 5) is 5.47. The summed E-state index contributed by atoms with van der Waals surface area (Å²) in [6.45, 7) is 9.22. The summed E-state index contributed by atoms with van der Waals surface area (Å²) < 4.78 is 37.8. The number of anilines is 1. The molecule has 3 nitrogen and oxygen atoms in total. The van der Waals surface area contributed by atoms with E-state index in [1.807, 2.05) is 33.8 Å². The van der Waals surface area contributed by atoms with Gasteiger partial charge in [0.05, 0.1) is 0 Å². The number of aromatic nitrogens is 1. The van der Waals surface area contributed by atoms with Gasteiger partial charge in [0, 0.05) is 30.4 Å². The van der Waals surface area contributed by atoms with Gasteiger partial charge < -0.3 is 10.2 Å². The van der Waals surface area contributed by atoms with Gasteiger partial charge in [-0.3, -0.25) is 0 Å². The smallest absolute Gasteiger partial charge is 0.350 e. The molecule has 0 aliphatic carbocycles. The van der Waals surface area contributed by atoms with E-state index in [2.05, 4.69) is 10.3 Å². The van der Waals surface area contributed by atoms with Crippen molar-refractivity contribution >= 4 is 5.82 Å². The quantitative estimate of drug-likeness (QED) is 0.921. The van der Waals surface area contributed by atoms with Crippen LogP contribution in [-0.2, 0) is 6.54 Å². The molecule has 0 fully saturated rings. The molecule has 120 valence electrons. The second-order valence-electron chi connectivity index (χ2n) is 6.46. The molecule has 0 spiro atoms. The SMILES string of the molecule is Cc1cc(C)c(CNC(C)(C)C)c(N(C)CC(F)(F)F)n1. The summed E-state index contributed by atoms with van der Waals surface area (Å²) in [6.07, 6.45) is -4.25. The molecule has 0 bridgehead atoms. The van der Waals surface area contributed by atoms with Crippen LogP contribution >= 0.6 is 0 Å². The standard InChI is InChI=1S/C15H24F3N3/c1-10-7-11(2)20-13(21(6)9-15(16,17)18)12(10)8-19-14(3,4)5/h7,19H,8-9H2,1-6H3. The first-order valence-corrected chi connectivity index (χ1v) is 6.89. The van der Waals surface area contributed by atoms with Gasteiger partial charge in [-0.1, -0.05) is 0 Å². The van der Waals surface area contributed by atoms with Crippen molar-refractivity contribution in [2.45, 2.75) is 52.9 Å². The van der Waals surface area contributed by atoms with Gasteiger partial charge in [-0.15, -0.1) is 0 Å². The predicted molar refractivity (Wildman–Crippen MR) is 79.6 cm³/mol. The molecule has 0 aliphatic rings. The van der Waals surface area contributed by atoms with Crippen LogP contribution in [-0.4, -0.2) is 30.3 Å². The average Bonchev–Trinajstić information content (AvgIpc) is 2.22. The van der Waals surface area contributed by atoms with Crippen molar-refractivity contribution in [1.29, 1.82) is 0 Å². The number of alkyl halides is 3. The highest BCUT2D eigenvalue weighted by atomic mass is 19.4. The van der Waals surface area contributed by atoms with Gasteiger partial charge in [-0.2, -0.15) is 13.2 Å². The number of halogens is 3. The van der Waals surface area contributed by atoms with Crippen molar-refractivity contribution in [3.63, 3.8) is 0 Å². The Kier molecular flexibility index (Phi) is 5.25. The number of nitrogens with one attached hydrogen (secondary N) is 1. The third kappa shape index (κ3) is 5.91. The lowest BCUT2D eigenvalue weighted by atomic mass is 10.1. The minimum Gasteiger partial charge on any atom is -0.350 e. The Bertz CT molecular complexity index is 490. The van der Waals surface area contributed by atoms with Crippen LogP contribution < -0.4 is 10.2 Å². The number of pyridine rings is 1.